The number of phenolic OH excluding ortho intramolecular Hbond substituents is 1. The highest BCUT2D eigenvalue weighted by Crippen LogP contribution is 2.60. The molecule has 2 aliphatic carbocycles. The zero-order valence-corrected chi connectivity index (χ0v) is 13.9. The van der Waals surface area contributed by atoms with E-state index in [0.29, 0.717) is 23.3 Å². The van der Waals surface area contributed by atoms with Gasteiger partial charge in [-0.25, -0.2) is 0 Å². The van der Waals surface area contributed by atoms with E-state index in [1.54, 1.807) is 13.2 Å². The number of methoxy groups -OCH3 is 1. The quantitative estimate of drug-likeness (QED) is 0.877. The van der Waals surface area contributed by atoms with Gasteiger partial charge < -0.3 is 19.9 Å². The number of rotatable bonds is 5. The molecule has 1 saturated heterocycles. The summed E-state index contributed by atoms with van der Waals surface area (Å²) in [6.45, 7) is 1.92. The molecule has 0 aromatic heterocycles. The number of phenols is 1. The number of hydrogen-bond acceptors (Lipinski definition) is 4. The van der Waals surface area contributed by atoms with Gasteiger partial charge in [0.2, 0.25) is 0 Å². The average Bonchev–Trinajstić information content (AvgIpc) is 3.21. The molecule has 1 heterocycles. The highest BCUT2D eigenvalue weighted by Gasteiger charge is 2.64. The lowest BCUT2D eigenvalue weighted by molar-refractivity contribution is -0.130. The summed E-state index contributed by atoms with van der Waals surface area (Å²) in [6, 6.07) is 6.27. The largest absolute Gasteiger partial charge is 0.504 e. The SMILES string of the molecule is COc1cc(CCN[C@@H]2[C@H]3CCO[C@@H]3C23CCCC3)ccc1O. The number of ether oxygens (including phenoxy) is 2. The summed E-state index contributed by atoms with van der Waals surface area (Å²) < 4.78 is 11.2. The third-order valence-electron chi connectivity index (χ3n) is 6.31. The lowest BCUT2D eigenvalue weighted by atomic mass is 9.54. The number of benzene rings is 1. The molecule has 4 nitrogen and oxygen atoms in total. The first-order valence-corrected chi connectivity index (χ1v) is 8.95. The molecule has 4 rings (SSSR count). The smallest absolute Gasteiger partial charge is 0.160 e. The van der Waals surface area contributed by atoms with Crippen molar-refractivity contribution in [1.29, 1.82) is 0 Å². The highest BCUT2D eigenvalue weighted by atomic mass is 16.5. The minimum atomic E-state index is 0.207. The maximum Gasteiger partial charge on any atom is 0.160 e. The molecule has 1 aromatic rings. The summed E-state index contributed by atoms with van der Waals surface area (Å²) in [5, 5.41) is 13.5. The Kier molecular flexibility index (Phi) is 3.98. The number of nitrogens with one attached hydrogen (secondary N) is 1. The van der Waals surface area contributed by atoms with Crippen molar-refractivity contribution in [2.24, 2.45) is 11.3 Å². The van der Waals surface area contributed by atoms with Crippen LogP contribution in [0.2, 0.25) is 0 Å². The molecule has 23 heavy (non-hydrogen) atoms. The second-order valence-electron chi connectivity index (χ2n) is 7.37. The van der Waals surface area contributed by atoms with Gasteiger partial charge in [-0.05, 0) is 49.9 Å². The van der Waals surface area contributed by atoms with Gasteiger partial charge in [0.25, 0.3) is 0 Å². The molecule has 0 radical (unpaired) electrons. The Morgan fingerprint density at radius 1 is 1.35 bits per heavy atom. The predicted molar refractivity (Wildman–Crippen MR) is 88.9 cm³/mol. The highest BCUT2D eigenvalue weighted by molar-refractivity contribution is 5.41. The fraction of sp³-hybridized carbons (Fsp3) is 0.684. The Labute approximate surface area is 138 Å². The van der Waals surface area contributed by atoms with Crippen LogP contribution < -0.4 is 10.1 Å². The maximum absolute atomic E-state index is 9.68. The Hall–Kier alpha value is -1.26. The van der Waals surface area contributed by atoms with Crippen molar-refractivity contribution in [3.8, 4) is 11.5 Å². The first kappa shape index (κ1) is 15.3. The Morgan fingerprint density at radius 2 is 2.17 bits per heavy atom. The molecule has 1 aliphatic heterocycles. The molecule has 1 aromatic carbocycles. The van der Waals surface area contributed by atoms with Crippen LogP contribution in [0, 0.1) is 11.3 Å². The van der Waals surface area contributed by atoms with Crippen molar-refractivity contribution in [2.45, 2.75) is 50.7 Å². The van der Waals surface area contributed by atoms with Crippen LogP contribution >= 0.6 is 0 Å². The van der Waals surface area contributed by atoms with Crippen molar-refractivity contribution < 1.29 is 14.6 Å². The Balaban J connectivity index is 1.37. The zero-order valence-electron chi connectivity index (χ0n) is 13.9. The third-order valence-corrected chi connectivity index (χ3v) is 6.31. The Morgan fingerprint density at radius 3 is 2.96 bits per heavy atom. The summed E-state index contributed by atoms with van der Waals surface area (Å²) in [6.07, 6.45) is 8.09. The first-order valence-electron chi connectivity index (χ1n) is 8.95. The lowest BCUT2D eigenvalue weighted by Gasteiger charge is -2.57. The molecule has 0 bridgehead atoms. The standard InChI is InChI=1S/C19H27NO3/c1-22-16-12-13(4-5-15(16)21)6-10-20-17-14-7-11-23-18(14)19(17)8-2-3-9-19/h4-5,12,14,17-18,20-21H,2-3,6-11H2,1H3/t14-,17-,18+/m1/s1. The van der Waals surface area contributed by atoms with E-state index >= 15 is 0 Å². The fourth-order valence-corrected chi connectivity index (χ4v) is 5.26. The van der Waals surface area contributed by atoms with E-state index in [1.165, 1.54) is 37.7 Å². The Bertz CT molecular complexity index is 568. The average molecular weight is 317 g/mol. The van der Waals surface area contributed by atoms with E-state index in [4.69, 9.17) is 9.47 Å². The van der Waals surface area contributed by atoms with Gasteiger partial charge in [0.15, 0.2) is 11.5 Å². The van der Waals surface area contributed by atoms with Crippen LogP contribution in [0.1, 0.15) is 37.7 Å². The second kappa shape index (κ2) is 5.99. The minimum absolute atomic E-state index is 0.207. The van der Waals surface area contributed by atoms with E-state index in [-0.39, 0.29) is 5.75 Å². The monoisotopic (exact) mass is 317 g/mol. The molecule has 2 N–H and O–H groups in total. The first-order chi connectivity index (χ1) is 11.2. The molecular formula is C19H27NO3. The van der Waals surface area contributed by atoms with Gasteiger partial charge in [0.1, 0.15) is 0 Å². The van der Waals surface area contributed by atoms with E-state index < -0.39 is 0 Å². The van der Waals surface area contributed by atoms with Gasteiger partial charge in [0.05, 0.1) is 13.2 Å². The molecule has 4 heteroatoms. The molecule has 3 atom stereocenters. The summed E-state index contributed by atoms with van der Waals surface area (Å²) in [5.41, 5.74) is 1.62. The van der Waals surface area contributed by atoms with E-state index in [0.717, 1.165) is 25.5 Å². The summed E-state index contributed by atoms with van der Waals surface area (Å²) in [5.74, 6) is 1.49. The second-order valence-corrected chi connectivity index (χ2v) is 7.37. The molecule has 3 aliphatic rings. The lowest BCUT2D eigenvalue weighted by Crippen LogP contribution is -2.67. The molecule has 1 spiro atoms. The topological polar surface area (TPSA) is 50.7 Å². The van der Waals surface area contributed by atoms with E-state index in [9.17, 15) is 5.11 Å². The number of aromatic hydroxyl groups is 1. The molecule has 2 saturated carbocycles. The van der Waals surface area contributed by atoms with Crippen LogP contribution in [-0.4, -0.2) is 37.5 Å². The van der Waals surface area contributed by atoms with Gasteiger partial charge in [-0.15, -0.1) is 0 Å². The van der Waals surface area contributed by atoms with Crippen molar-refractivity contribution in [3.63, 3.8) is 0 Å². The van der Waals surface area contributed by atoms with E-state index in [2.05, 4.69) is 5.32 Å². The van der Waals surface area contributed by atoms with Crippen LogP contribution in [0.15, 0.2) is 18.2 Å². The maximum atomic E-state index is 9.68. The molecule has 126 valence electrons. The van der Waals surface area contributed by atoms with Gasteiger partial charge in [0, 0.05) is 24.0 Å². The fourth-order valence-electron chi connectivity index (χ4n) is 5.26. The van der Waals surface area contributed by atoms with Gasteiger partial charge in [-0.1, -0.05) is 18.9 Å². The van der Waals surface area contributed by atoms with Crippen LogP contribution in [0.5, 0.6) is 11.5 Å². The molecule has 3 fully saturated rings. The third kappa shape index (κ3) is 2.43. The minimum Gasteiger partial charge on any atom is -0.504 e. The van der Waals surface area contributed by atoms with Crippen molar-refractivity contribution in [1.82, 2.24) is 5.32 Å². The predicted octanol–water partition coefficient (Wildman–Crippen LogP) is 2.88. The van der Waals surface area contributed by atoms with Gasteiger partial charge in [-0.3, -0.25) is 0 Å². The van der Waals surface area contributed by atoms with Gasteiger partial charge >= 0.3 is 0 Å². The normalized spacial score (nSPS) is 31.1. The molecular weight excluding hydrogens is 290 g/mol. The van der Waals surface area contributed by atoms with Crippen molar-refractivity contribution in [3.05, 3.63) is 23.8 Å². The molecule has 0 unspecified atom stereocenters. The van der Waals surface area contributed by atoms with Crippen LogP contribution in [0.25, 0.3) is 0 Å². The van der Waals surface area contributed by atoms with Crippen molar-refractivity contribution in [2.75, 3.05) is 20.3 Å². The summed E-state index contributed by atoms with van der Waals surface area (Å²) in [4.78, 5) is 0. The van der Waals surface area contributed by atoms with Crippen molar-refractivity contribution >= 4 is 0 Å². The van der Waals surface area contributed by atoms with Crippen LogP contribution in [0.3, 0.4) is 0 Å². The number of hydrogen-bond donors (Lipinski definition) is 2. The zero-order chi connectivity index (χ0) is 15.9. The van der Waals surface area contributed by atoms with E-state index in [1.807, 2.05) is 12.1 Å². The van der Waals surface area contributed by atoms with Crippen LogP contribution in [-0.2, 0) is 11.2 Å². The summed E-state index contributed by atoms with van der Waals surface area (Å²) >= 11 is 0. The van der Waals surface area contributed by atoms with Gasteiger partial charge in [-0.2, -0.15) is 0 Å². The number of fused-ring (bicyclic) bond motifs is 2. The summed E-state index contributed by atoms with van der Waals surface area (Å²) in [7, 11) is 1.59. The van der Waals surface area contributed by atoms with Crippen LogP contribution in [0.4, 0.5) is 0 Å². The molecule has 0 amide bonds.